The number of urea groups is 1. The minimum absolute atomic E-state index is 0.0680. The molecule has 1 fully saturated rings. The van der Waals surface area contributed by atoms with Crippen LogP contribution >= 0.6 is 0 Å². The normalized spacial score (nSPS) is 14.5. The highest BCUT2D eigenvalue weighted by atomic mass is 16.2. The van der Waals surface area contributed by atoms with Crippen LogP contribution in [0.5, 0.6) is 0 Å². The average Bonchev–Trinajstić information content (AvgIpc) is 2.80. The Labute approximate surface area is 117 Å². The number of nitrogens with zero attached hydrogens (tertiary/aromatic N) is 1. The van der Waals surface area contributed by atoms with E-state index < -0.39 is 0 Å². The Kier molecular flexibility index (Phi) is 3.21. The predicted molar refractivity (Wildman–Crippen MR) is 76.6 cm³/mol. The number of carbonyl (C=O) groups is 2. The fraction of sp³-hybridized carbons (Fsp3) is 0.125. The van der Waals surface area contributed by atoms with Gasteiger partial charge in [0, 0.05) is 0 Å². The van der Waals surface area contributed by atoms with Gasteiger partial charge in [0.15, 0.2) is 0 Å². The number of benzene rings is 2. The Hall–Kier alpha value is -2.62. The van der Waals surface area contributed by atoms with Gasteiger partial charge < -0.3 is 5.32 Å². The average molecular weight is 266 g/mol. The highest BCUT2D eigenvalue weighted by Crippen LogP contribution is 2.24. The molecule has 2 aromatic rings. The molecule has 0 bridgehead atoms. The zero-order chi connectivity index (χ0) is 13.9. The van der Waals surface area contributed by atoms with E-state index in [0.717, 1.165) is 11.1 Å². The van der Waals surface area contributed by atoms with Gasteiger partial charge in [-0.05, 0) is 23.6 Å². The van der Waals surface area contributed by atoms with E-state index >= 15 is 0 Å². The topological polar surface area (TPSA) is 49.4 Å². The standard InChI is InChI=1S/C16H14N2O2/c19-15-11-17-16(20)18(15)14-9-5-4-8-13(14)10-12-6-2-1-3-7-12/h1-9H,10-11H2,(H,17,20). The van der Waals surface area contributed by atoms with E-state index in [4.69, 9.17) is 0 Å². The molecule has 0 spiro atoms. The number of carbonyl (C=O) groups excluding carboxylic acids is 2. The van der Waals surface area contributed by atoms with Crippen molar-refractivity contribution in [2.75, 3.05) is 11.4 Å². The van der Waals surface area contributed by atoms with Crippen molar-refractivity contribution in [3.8, 4) is 0 Å². The Morgan fingerprint density at radius 1 is 0.950 bits per heavy atom. The summed E-state index contributed by atoms with van der Waals surface area (Å²) in [7, 11) is 0. The molecule has 3 amide bonds. The summed E-state index contributed by atoms with van der Waals surface area (Å²) in [5.74, 6) is -0.212. The largest absolute Gasteiger partial charge is 0.329 e. The Bertz CT molecular complexity index is 637. The zero-order valence-corrected chi connectivity index (χ0v) is 10.9. The molecule has 4 heteroatoms. The summed E-state index contributed by atoms with van der Waals surface area (Å²) in [6.45, 7) is 0.0680. The van der Waals surface area contributed by atoms with Crippen LogP contribution in [0.3, 0.4) is 0 Å². The van der Waals surface area contributed by atoms with Crippen molar-refractivity contribution in [3.63, 3.8) is 0 Å². The molecule has 0 radical (unpaired) electrons. The molecule has 100 valence electrons. The van der Waals surface area contributed by atoms with Crippen molar-refractivity contribution in [1.82, 2.24) is 5.32 Å². The summed E-state index contributed by atoms with van der Waals surface area (Å²) >= 11 is 0. The summed E-state index contributed by atoms with van der Waals surface area (Å²) in [5, 5.41) is 2.55. The first-order chi connectivity index (χ1) is 9.75. The third-order valence-electron chi connectivity index (χ3n) is 3.31. The summed E-state index contributed by atoms with van der Waals surface area (Å²) in [4.78, 5) is 24.8. The number of anilines is 1. The maximum atomic E-state index is 11.8. The van der Waals surface area contributed by atoms with E-state index in [9.17, 15) is 9.59 Å². The molecule has 0 atom stereocenters. The first-order valence-electron chi connectivity index (χ1n) is 6.48. The number of nitrogens with one attached hydrogen (secondary N) is 1. The molecule has 20 heavy (non-hydrogen) atoms. The number of rotatable bonds is 3. The van der Waals surface area contributed by atoms with Crippen LogP contribution in [0.15, 0.2) is 54.6 Å². The molecule has 0 aromatic heterocycles. The van der Waals surface area contributed by atoms with Crippen LogP contribution in [0.1, 0.15) is 11.1 Å². The number of amides is 3. The summed E-state index contributed by atoms with van der Waals surface area (Å²) in [5.41, 5.74) is 2.77. The third kappa shape index (κ3) is 2.28. The zero-order valence-electron chi connectivity index (χ0n) is 10.9. The fourth-order valence-corrected chi connectivity index (χ4v) is 2.36. The summed E-state index contributed by atoms with van der Waals surface area (Å²) in [6.07, 6.45) is 0.689. The minimum Gasteiger partial charge on any atom is -0.328 e. The van der Waals surface area contributed by atoms with Crippen molar-refractivity contribution in [1.29, 1.82) is 0 Å². The second-order valence-electron chi connectivity index (χ2n) is 4.68. The molecule has 1 aliphatic heterocycles. The van der Waals surface area contributed by atoms with E-state index in [1.807, 2.05) is 48.5 Å². The molecule has 1 heterocycles. The van der Waals surface area contributed by atoms with E-state index in [-0.39, 0.29) is 18.5 Å². The molecule has 0 saturated carbocycles. The third-order valence-corrected chi connectivity index (χ3v) is 3.31. The number of imide groups is 1. The maximum Gasteiger partial charge on any atom is 0.329 e. The number of hydrogen-bond acceptors (Lipinski definition) is 2. The second kappa shape index (κ2) is 5.17. The van der Waals surface area contributed by atoms with Crippen LogP contribution in [-0.4, -0.2) is 18.5 Å². The molecule has 1 N–H and O–H groups in total. The van der Waals surface area contributed by atoms with Crippen LogP contribution in [-0.2, 0) is 11.2 Å². The van der Waals surface area contributed by atoms with E-state index in [1.54, 1.807) is 6.07 Å². The molecular formula is C16H14N2O2. The van der Waals surface area contributed by atoms with Crippen molar-refractivity contribution in [3.05, 3.63) is 65.7 Å². The van der Waals surface area contributed by atoms with Crippen LogP contribution < -0.4 is 10.2 Å². The highest BCUT2D eigenvalue weighted by molar-refractivity contribution is 6.20. The number of para-hydroxylation sites is 1. The van der Waals surface area contributed by atoms with Gasteiger partial charge in [-0.1, -0.05) is 48.5 Å². The van der Waals surface area contributed by atoms with Gasteiger partial charge >= 0.3 is 6.03 Å². The SMILES string of the molecule is O=C1CNC(=O)N1c1ccccc1Cc1ccccc1. The molecule has 4 nitrogen and oxygen atoms in total. The quantitative estimate of drug-likeness (QED) is 0.867. The van der Waals surface area contributed by atoms with Gasteiger partial charge in [-0.3, -0.25) is 4.79 Å². The first-order valence-corrected chi connectivity index (χ1v) is 6.48. The smallest absolute Gasteiger partial charge is 0.328 e. The van der Waals surface area contributed by atoms with Gasteiger partial charge in [0.1, 0.15) is 0 Å². The Balaban J connectivity index is 1.96. The van der Waals surface area contributed by atoms with Crippen LogP contribution in [0.2, 0.25) is 0 Å². The molecular weight excluding hydrogens is 252 g/mol. The van der Waals surface area contributed by atoms with E-state index in [1.165, 1.54) is 4.90 Å². The fourth-order valence-electron chi connectivity index (χ4n) is 2.36. The van der Waals surface area contributed by atoms with Crippen LogP contribution in [0.25, 0.3) is 0 Å². The Morgan fingerprint density at radius 3 is 2.35 bits per heavy atom. The lowest BCUT2D eigenvalue weighted by atomic mass is 10.0. The molecule has 3 rings (SSSR count). The van der Waals surface area contributed by atoms with Crippen molar-refractivity contribution in [2.24, 2.45) is 0 Å². The van der Waals surface area contributed by atoms with Crippen molar-refractivity contribution in [2.45, 2.75) is 6.42 Å². The monoisotopic (exact) mass is 266 g/mol. The van der Waals surface area contributed by atoms with Gasteiger partial charge in [0.25, 0.3) is 5.91 Å². The molecule has 0 unspecified atom stereocenters. The maximum absolute atomic E-state index is 11.8. The first kappa shape index (κ1) is 12.4. The van der Waals surface area contributed by atoms with Crippen molar-refractivity contribution < 1.29 is 9.59 Å². The lowest BCUT2D eigenvalue weighted by Crippen LogP contribution is -2.31. The summed E-state index contributed by atoms with van der Waals surface area (Å²) in [6, 6.07) is 17.1. The van der Waals surface area contributed by atoms with E-state index in [0.29, 0.717) is 12.1 Å². The number of hydrogen-bond donors (Lipinski definition) is 1. The van der Waals surface area contributed by atoms with Crippen LogP contribution in [0.4, 0.5) is 10.5 Å². The lowest BCUT2D eigenvalue weighted by Gasteiger charge is -2.17. The van der Waals surface area contributed by atoms with Crippen molar-refractivity contribution >= 4 is 17.6 Å². The second-order valence-corrected chi connectivity index (χ2v) is 4.68. The Morgan fingerprint density at radius 2 is 1.65 bits per heavy atom. The highest BCUT2D eigenvalue weighted by Gasteiger charge is 2.31. The lowest BCUT2D eigenvalue weighted by molar-refractivity contribution is -0.115. The van der Waals surface area contributed by atoms with Gasteiger partial charge in [-0.15, -0.1) is 0 Å². The van der Waals surface area contributed by atoms with Gasteiger partial charge in [0.05, 0.1) is 12.2 Å². The predicted octanol–water partition coefficient (Wildman–Crippen LogP) is 2.33. The molecule has 1 saturated heterocycles. The van der Waals surface area contributed by atoms with Gasteiger partial charge in [-0.25, -0.2) is 9.69 Å². The van der Waals surface area contributed by atoms with Gasteiger partial charge in [0.2, 0.25) is 0 Å². The minimum atomic E-state index is -0.351. The van der Waals surface area contributed by atoms with Gasteiger partial charge in [-0.2, -0.15) is 0 Å². The molecule has 0 aliphatic carbocycles. The van der Waals surface area contributed by atoms with E-state index in [2.05, 4.69) is 5.32 Å². The summed E-state index contributed by atoms with van der Waals surface area (Å²) < 4.78 is 0. The molecule has 1 aliphatic rings. The van der Waals surface area contributed by atoms with Crippen LogP contribution in [0, 0.1) is 0 Å². The molecule has 2 aromatic carbocycles.